The lowest BCUT2D eigenvalue weighted by Gasteiger charge is -2.40. The van der Waals surface area contributed by atoms with E-state index in [0.717, 1.165) is 68.3 Å². The molecule has 0 saturated heterocycles. The number of carbonyl (C=O) groups is 1. The summed E-state index contributed by atoms with van der Waals surface area (Å²) in [5.41, 5.74) is 3.14. The van der Waals surface area contributed by atoms with Crippen molar-refractivity contribution in [3.63, 3.8) is 0 Å². The zero-order valence-electron chi connectivity index (χ0n) is 20.3. The summed E-state index contributed by atoms with van der Waals surface area (Å²) in [6.07, 6.45) is 10.9. The molecule has 4 nitrogen and oxygen atoms in total. The number of aliphatic hydroxyl groups is 1. The monoisotopic (exact) mass is 418 g/mol. The first-order chi connectivity index (χ1) is 14.3. The summed E-state index contributed by atoms with van der Waals surface area (Å²) < 4.78 is 0. The predicted octanol–water partition coefficient (Wildman–Crippen LogP) is 5.94. The second-order valence-corrected chi connectivity index (χ2v) is 9.12. The van der Waals surface area contributed by atoms with E-state index in [1.807, 2.05) is 24.9 Å². The Hall–Kier alpha value is -1.55. The van der Waals surface area contributed by atoms with Gasteiger partial charge in [-0.3, -0.25) is 4.79 Å². The Morgan fingerprint density at radius 1 is 1.23 bits per heavy atom. The Balaban J connectivity index is 0.00000218. The van der Waals surface area contributed by atoms with Crippen LogP contribution >= 0.6 is 0 Å². The van der Waals surface area contributed by atoms with Gasteiger partial charge in [0.25, 0.3) is 0 Å². The molecule has 172 valence electrons. The van der Waals surface area contributed by atoms with Crippen LogP contribution in [-0.2, 0) is 4.79 Å². The third kappa shape index (κ3) is 8.29. The lowest BCUT2D eigenvalue weighted by molar-refractivity contribution is -0.135. The third-order valence-corrected chi connectivity index (χ3v) is 5.93. The molecule has 30 heavy (non-hydrogen) atoms. The highest BCUT2D eigenvalue weighted by Gasteiger charge is 2.35. The van der Waals surface area contributed by atoms with Crippen LogP contribution in [0.25, 0.3) is 0 Å². The molecular weight excluding hydrogens is 372 g/mol. The number of hydrogen-bond donors (Lipinski definition) is 2. The van der Waals surface area contributed by atoms with Crippen molar-refractivity contribution in [1.82, 2.24) is 10.2 Å². The van der Waals surface area contributed by atoms with Gasteiger partial charge >= 0.3 is 0 Å². The summed E-state index contributed by atoms with van der Waals surface area (Å²) in [7, 11) is 0. The van der Waals surface area contributed by atoms with Crippen LogP contribution in [-0.4, -0.2) is 34.6 Å². The van der Waals surface area contributed by atoms with Crippen LogP contribution in [0.5, 0.6) is 0 Å². The molecule has 0 spiro atoms. The maximum absolute atomic E-state index is 13.2. The van der Waals surface area contributed by atoms with E-state index in [1.165, 1.54) is 0 Å². The van der Waals surface area contributed by atoms with E-state index in [1.54, 1.807) is 0 Å². The fourth-order valence-electron chi connectivity index (χ4n) is 4.42. The summed E-state index contributed by atoms with van der Waals surface area (Å²) in [5, 5.41) is 14.2. The van der Waals surface area contributed by atoms with Crippen LogP contribution in [0.1, 0.15) is 92.9 Å². The number of aliphatic hydroxyl groups excluding tert-OH is 1. The van der Waals surface area contributed by atoms with Crippen molar-refractivity contribution in [3.8, 4) is 0 Å². The van der Waals surface area contributed by atoms with Crippen LogP contribution in [0.15, 0.2) is 35.7 Å². The number of amides is 1. The minimum absolute atomic E-state index is 0.132. The quantitative estimate of drug-likeness (QED) is 0.593. The average molecular weight is 419 g/mol. The summed E-state index contributed by atoms with van der Waals surface area (Å²) in [6, 6.07) is -0.146. The van der Waals surface area contributed by atoms with E-state index in [-0.39, 0.29) is 11.9 Å². The van der Waals surface area contributed by atoms with Gasteiger partial charge in [0.05, 0.1) is 12.1 Å². The third-order valence-electron chi connectivity index (χ3n) is 5.93. The lowest BCUT2D eigenvalue weighted by atomic mass is 9.82. The molecule has 0 aromatic carbocycles. The molecule has 1 amide bonds. The van der Waals surface area contributed by atoms with Gasteiger partial charge in [-0.2, -0.15) is 0 Å². The van der Waals surface area contributed by atoms with Gasteiger partial charge in [-0.15, -0.1) is 0 Å². The largest absolute Gasteiger partial charge is 0.391 e. The van der Waals surface area contributed by atoms with Crippen molar-refractivity contribution in [2.24, 2.45) is 11.8 Å². The molecule has 0 aromatic rings. The minimum Gasteiger partial charge on any atom is -0.391 e. The fraction of sp³-hybridized carbons (Fsp3) is 0.731. The summed E-state index contributed by atoms with van der Waals surface area (Å²) in [5.74, 6) is 0.923. The van der Waals surface area contributed by atoms with Crippen molar-refractivity contribution in [1.29, 1.82) is 0 Å². The highest BCUT2D eigenvalue weighted by molar-refractivity contribution is 5.78. The normalized spacial score (nSPS) is 29.8. The molecule has 2 aliphatic rings. The number of carbonyl (C=O) groups excluding carboxylic acids is 1. The maximum atomic E-state index is 13.2. The summed E-state index contributed by atoms with van der Waals surface area (Å²) in [6.45, 7) is 17.9. The van der Waals surface area contributed by atoms with E-state index in [0.29, 0.717) is 18.3 Å². The molecule has 2 rings (SSSR count). The molecule has 0 bridgehead atoms. The Morgan fingerprint density at radius 3 is 2.57 bits per heavy atom. The Bertz CT molecular complexity index is 596. The lowest BCUT2D eigenvalue weighted by Crippen LogP contribution is -2.50. The van der Waals surface area contributed by atoms with Gasteiger partial charge in [0, 0.05) is 24.9 Å². The zero-order valence-corrected chi connectivity index (χ0v) is 20.3. The van der Waals surface area contributed by atoms with Crippen LogP contribution in [0.2, 0.25) is 0 Å². The molecule has 2 N–H and O–H groups in total. The van der Waals surface area contributed by atoms with Gasteiger partial charge < -0.3 is 15.3 Å². The van der Waals surface area contributed by atoms with Gasteiger partial charge in [0.1, 0.15) is 0 Å². The number of rotatable bonds is 4. The molecule has 0 radical (unpaired) electrons. The number of hydrogen-bond acceptors (Lipinski definition) is 3. The molecule has 1 aliphatic heterocycles. The molecule has 0 aromatic heterocycles. The second kappa shape index (κ2) is 13.7. The van der Waals surface area contributed by atoms with Crippen molar-refractivity contribution >= 4 is 5.91 Å². The summed E-state index contributed by atoms with van der Waals surface area (Å²) in [4.78, 5) is 15.1. The van der Waals surface area contributed by atoms with Crippen molar-refractivity contribution in [2.75, 3.05) is 6.54 Å². The van der Waals surface area contributed by atoms with Crippen molar-refractivity contribution in [2.45, 2.75) is 105 Å². The topological polar surface area (TPSA) is 52.6 Å². The van der Waals surface area contributed by atoms with Crippen LogP contribution in [0.4, 0.5) is 0 Å². The zero-order chi connectivity index (χ0) is 22.7. The standard InChI is InChI=1S/C24H40N2O2.C2H6/c1-17(2)14-19(4)21-15-20(5)25-13-8-6-7-12-23(28)26(16-21)24-18(3)10-9-11-22(24)27;1-2/h15-18,22,24-25,27H,4,6-14H2,1-3,5H3;1-2H3/b20-15-,21-16+;. The van der Waals surface area contributed by atoms with E-state index < -0.39 is 6.10 Å². The SMILES string of the molecule is C=C(CC(C)C)C1=C/N(C2C(C)CCCC2O)C(=O)CCCCCN/C(C)=C\1.CC. The molecule has 1 aliphatic carbocycles. The molecule has 1 heterocycles. The van der Waals surface area contributed by atoms with Crippen LogP contribution < -0.4 is 5.32 Å². The number of nitrogens with zero attached hydrogens (tertiary/aromatic N) is 1. The fourth-order valence-corrected chi connectivity index (χ4v) is 4.42. The van der Waals surface area contributed by atoms with Gasteiger partial charge in [-0.25, -0.2) is 0 Å². The highest BCUT2D eigenvalue weighted by Crippen LogP contribution is 2.31. The first-order valence-electron chi connectivity index (χ1n) is 12.1. The molecule has 3 unspecified atom stereocenters. The number of nitrogens with one attached hydrogen (secondary N) is 1. The molecule has 1 fully saturated rings. The first-order valence-corrected chi connectivity index (χ1v) is 12.1. The predicted molar refractivity (Wildman–Crippen MR) is 128 cm³/mol. The minimum atomic E-state index is -0.459. The smallest absolute Gasteiger partial charge is 0.226 e. The van der Waals surface area contributed by atoms with Crippen LogP contribution in [0, 0.1) is 11.8 Å². The van der Waals surface area contributed by atoms with Gasteiger partial charge in [-0.1, -0.05) is 54.0 Å². The van der Waals surface area contributed by atoms with E-state index in [4.69, 9.17) is 0 Å². The van der Waals surface area contributed by atoms with Crippen molar-refractivity contribution in [3.05, 3.63) is 35.7 Å². The molecule has 4 heteroatoms. The Morgan fingerprint density at radius 2 is 1.93 bits per heavy atom. The Labute approximate surface area is 185 Å². The number of allylic oxidation sites excluding steroid dienone is 4. The second-order valence-electron chi connectivity index (χ2n) is 9.12. The Kier molecular flexibility index (Phi) is 12.1. The molecule has 3 atom stereocenters. The molecular formula is C26H46N2O2. The van der Waals surface area contributed by atoms with E-state index in [2.05, 4.69) is 45.7 Å². The van der Waals surface area contributed by atoms with E-state index >= 15 is 0 Å². The van der Waals surface area contributed by atoms with Gasteiger partial charge in [0.15, 0.2) is 0 Å². The first kappa shape index (κ1) is 26.5. The maximum Gasteiger partial charge on any atom is 0.226 e. The highest BCUT2D eigenvalue weighted by atomic mass is 16.3. The van der Waals surface area contributed by atoms with E-state index in [9.17, 15) is 9.90 Å². The van der Waals surface area contributed by atoms with Crippen molar-refractivity contribution < 1.29 is 9.90 Å². The molecule has 1 saturated carbocycles. The van der Waals surface area contributed by atoms with Gasteiger partial charge in [0.2, 0.25) is 5.91 Å². The van der Waals surface area contributed by atoms with Gasteiger partial charge in [-0.05, 0) is 68.1 Å². The average Bonchev–Trinajstić information content (AvgIpc) is 2.68. The summed E-state index contributed by atoms with van der Waals surface area (Å²) >= 11 is 0. The van der Waals surface area contributed by atoms with Crippen LogP contribution in [0.3, 0.4) is 0 Å².